The number of rotatable bonds is 7. The Morgan fingerprint density at radius 2 is 2.00 bits per heavy atom. The Hall–Kier alpha value is -1.60. The summed E-state index contributed by atoms with van der Waals surface area (Å²) in [5.74, 6) is -0.0222. The van der Waals surface area contributed by atoms with Gasteiger partial charge in [0.1, 0.15) is 5.84 Å². The van der Waals surface area contributed by atoms with Crippen molar-refractivity contribution in [3.63, 3.8) is 0 Å². The Kier molecular flexibility index (Phi) is 5.78. The zero-order chi connectivity index (χ0) is 14.3. The lowest BCUT2D eigenvalue weighted by atomic mass is 10.2. The molecule has 0 aliphatic rings. The van der Waals surface area contributed by atoms with Crippen LogP contribution in [0.5, 0.6) is 0 Å². The van der Waals surface area contributed by atoms with Gasteiger partial charge in [0.15, 0.2) is 0 Å². The Labute approximate surface area is 113 Å². The lowest BCUT2D eigenvalue weighted by Gasteiger charge is -2.20. The van der Waals surface area contributed by atoms with Gasteiger partial charge in [0.25, 0.3) is 0 Å². The van der Waals surface area contributed by atoms with E-state index in [1.54, 1.807) is 31.2 Å². The summed E-state index contributed by atoms with van der Waals surface area (Å²) in [4.78, 5) is 0. The molecule has 3 N–H and O–H groups in total. The standard InChI is InChI=1S/C12H19N3O3S/c1-2-15(9-8-12(13)14-16)19(17,18)10-11-6-4-3-5-7-11/h3-7,16H,2,8-10H2,1H3,(H2,13,14). The average molecular weight is 285 g/mol. The number of nitrogens with two attached hydrogens (primary N) is 1. The van der Waals surface area contributed by atoms with Crippen LogP contribution in [0.15, 0.2) is 35.5 Å². The van der Waals surface area contributed by atoms with Gasteiger partial charge in [0.2, 0.25) is 10.0 Å². The normalized spacial score (nSPS) is 12.8. The van der Waals surface area contributed by atoms with E-state index in [-0.39, 0.29) is 24.6 Å². The fourth-order valence-corrected chi connectivity index (χ4v) is 3.22. The van der Waals surface area contributed by atoms with Crippen molar-refractivity contribution in [1.82, 2.24) is 4.31 Å². The topological polar surface area (TPSA) is 96.0 Å². The van der Waals surface area contributed by atoms with Crippen LogP contribution in [0.3, 0.4) is 0 Å². The lowest BCUT2D eigenvalue weighted by molar-refractivity contribution is 0.315. The highest BCUT2D eigenvalue weighted by atomic mass is 32.2. The Morgan fingerprint density at radius 3 is 2.53 bits per heavy atom. The third-order valence-electron chi connectivity index (χ3n) is 2.68. The van der Waals surface area contributed by atoms with Crippen molar-refractivity contribution < 1.29 is 13.6 Å². The van der Waals surface area contributed by atoms with Crippen LogP contribution in [0.2, 0.25) is 0 Å². The van der Waals surface area contributed by atoms with E-state index in [0.717, 1.165) is 5.56 Å². The van der Waals surface area contributed by atoms with Crippen molar-refractivity contribution in [3.8, 4) is 0 Å². The second-order valence-electron chi connectivity index (χ2n) is 4.07. The molecule has 106 valence electrons. The van der Waals surface area contributed by atoms with Crippen LogP contribution in [0.25, 0.3) is 0 Å². The maximum Gasteiger partial charge on any atom is 0.218 e. The molecule has 1 aromatic rings. The van der Waals surface area contributed by atoms with E-state index >= 15 is 0 Å². The summed E-state index contributed by atoms with van der Waals surface area (Å²) in [7, 11) is -3.39. The van der Waals surface area contributed by atoms with E-state index < -0.39 is 10.0 Å². The van der Waals surface area contributed by atoms with Gasteiger partial charge in [-0.3, -0.25) is 0 Å². The smallest absolute Gasteiger partial charge is 0.218 e. The molecule has 19 heavy (non-hydrogen) atoms. The van der Waals surface area contributed by atoms with Crippen LogP contribution in [0.4, 0.5) is 0 Å². The summed E-state index contributed by atoms with van der Waals surface area (Å²) in [6, 6.07) is 8.99. The van der Waals surface area contributed by atoms with E-state index in [2.05, 4.69) is 5.16 Å². The van der Waals surface area contributed by atoms with Crippen molar-refractivity contribution >= 4 is 15.9 Å². The molecule has 6 nitrogen and oxygen atoms in total. The van der Waals surface area contributed by atoms with Crippen LogP contribution in [-0.2, 0) is 15.8 Å². The number of amidine groups is 1. The molecular formula is C12H19N3O3S. The molecule has 0 spiro atoms. The minimum absolute atomic E-state index is 0.0216. The zero-order valence-electron chi connectivity index (χ0n) is 10.9. The number of oxime groups is 1. The predicted molar refractivity (Wildman–Crippen MR) is 74.3 cm³/mol. The van der Waals surface area contributed by atoms with Crippen LogP contribution in [0, 0.1) is 0 Å². The molecule has 0 atom stereocenters. The first kappa shape index (κ1) is 15.5. The largest absolute Gasteiger partial charge is 0.409 e. The summed E-state index contributed by atoms with van der Waals surface area (Å²) in [6.07, 6.45) is 0.207. The Morgan fingerprint density at radius 1 is 1.37 bits per heavy atom. The summed E-state index contributed by atoms with van der Waals surface area (Å²) in [5.41, 5.74) is 6.09. The van der Waals surface area contributed by atoms with E-state index in [1.165, 1.54) is 4.31 Å². The third kappa shape index (κ3) is 4.88. The number of sulfonamides is 1. The van der Waals surface area contributed by atoms with Gasteiger partial charge in [-0.2, -0.15) is 0 Å². The van der Waals surface area contributed by atoms with Gasteiger partial charge in [0, 0.05) is 19.5 Å². The van der Waals surface area contributed by atoms with E-state index in [9.17, 15) is 8.42 Å². The highest BCUT2D eigenvalue weighted by molar-refractivity contribution is 7.88. The average Bonchev–Trinajstić information content (AvgIpc) is 2.39. The quantitative estimate of drug-likeness (QED) is 0.338. The SMILES string of the molecule is CCN(CC/C(N)=N/O)S(=O)(=O)Cc1ccccc1. The van der Waals surface area contributed by atoms with Crippen LogP contribution in [-0.4, -0.2) is 36.9 Å². The maximum atomic E-state index is 12.2. The second-order valence-corrected chi connectivity index (χ2v) is 6.04. The number of hydrogen-bond donors (Lipinski definition) is 2. The van der Waals surface area contributed by atoms with E-state index in [4.69, 9.17) is 10.9 Å². The second kappa shape index (κ2) is 7.10. The summed E-state index contributed by atoms with van der Waals surface area (Å²) in [5, 5.41) is 11.3. The molecule has 0 fully saturated rings. The minimum atomic E-state index is -3.39. The molecule has 1 aromatic carbocycles. The van der Waals surface area contributed by atoms with Crippen molar-refractivity contribution in [2.45, 2.75) is 19.1 Å². The molecule has 0 radical (unpaired) electrons. The lowest BCUT2D eigenvalue weighted by Crippen LogP contribution is -2.34. The number of hydrogen-bond acceptors (Lipinski definition) is 4. The molecule has 0 heterocycles. The fourth-order valence-electron chi connectivity index (χ4n) is 1.66. The maximum absolute atomic E-state index is 12.2. The molecule has 0 aliphatic heterocycles. The molecule has 0 amide bonds. The highest BCUT2D eigenvalue weighted by Crippen LogP contribution is 2.11. The summed E-state index contributed by atoms with van der Waals surface area (Å²) in [6.45, 7) is 2.32. The first-order valence-corrected chi connectivity index (χ1v) is 7.58. The van der Waals surface area contributed by atoms with Gasteiger partial charge >= 0.3 is 0 Å². The van der Waals surface area contributed by atoms with Crippen molar-refractivity contribution in [2.75, 3.05) is 13.1 Å². The van der Waals surface area contributed by atoms with Gasteiger partial charge in [-0.15, -0.1) is 0 Å². The molecule has 0 saturated heterocycles. The zero-order valence-corrected chi connectivity index (χ0v) is 11.7. The molecule has 0 aromatic heterocycles. The molecule has 0 bridgehead atoms. The minimum Gasteiger partial charge on any atom is -0.409 e. The molecule has 0 aliphatic carbocycles. The summed E-state index contributed by atoms with van der Waals surface area (Å²) < 4.78 is 25.8. The highest BCUT2D eigenvalue weighted by Gasteiger charge is 2.20. The van der Waals surface area contributed by atoms with Gasteiger partial charge in [-0.05, 0) is 5.56 Å². The predicted octanol–water partition coefficient (Wildman–Crippen LogP) is 0.975. The monoisotopic (exact) mass is 285 g/mol. The van der Waals surface area contributed by atoms with Crippen LogP contribution < -0.4 is 5.73 Å². The molecule has 7 heteroatoms. The van der Waals surface area contributed by atoms with Crippen molar-refractivity contribution in [3.05, 3.63) is 35.9 Å². The Balaban J connectivity index is 2.73. The van der Waals surface area contributed by atoms with Gasteiger partial charge < -0.3 is 10.9 Å². The van der Waals surface area contributed by atoms with Crippen LogP contribution in [0.1, 0.15) is 18.9 Å². The molecule has 0 saturated carbocycles. The molecule has 0 unspecified atom stereocenters. The molecular weight excluding hydrogens is 266 g/mol. The van der Waals surface area contributed by atoms with E-state index in [0.29, 0.717) is 6.54 Å². The van der Waals surface area contributed by atoms with Crippen molar-refractivity contribution in [1.29, 1.82) is 0 Å². The van der Waals surface area contributed by atoms with Crippen LogP contribution >= 0.6 is 0 Å². The van der Waals surface area contributed by atoms with Gasteiger partial charge in [0.05, 0.1) is 5.75 Å². The first-order chi connectivity index (χ1) is 8.99. The third-order valence-corrected chi connectivity index (χ3v) is 4.61. The number of benzene rings is 1. The van der Waals surface area contributed by atoms with Crippen molar-refractivity contribution in [2.24, 2.45) is 10.9 Å². The first-order valence-electron chi connectivity index (χ1n) is 5.97. The molecule has 1 rings (SSSR count). The van der Waals surface area contributed by atoms with Gasteiger partial charge in [-0.25, -0.2) is 12.7 Å². The van der Waals surface area contributed by atoms with Gasteiger partial charge in [-0.1, -0.05) is 42.4 Å². The Bertz CT molecular complexity index is 514. The fraction of sp³-hybridized carbons (Fsp3) is 0.417. The number of nitrogens with zero attached hydrogens (tertiary/aromatic N) is 2. The van der Waals surface area contributed by atoms with E-state index in [1.807, 2.05) is 6.07 Å². The summed E-state index contributed by atoms with van der Waals surface area (Å²) >= 11 is 0.